The van der Waals surface area contributed by atoms with E-state index in [0.717, 1.165) is 5.56 Å². The molecule has 0 aliphatic carbocycles. The quantitative estimate of drug-likeness (QED) is 0.858. The van der Waals surface area contributed by atoms with Crippen molar-refractivity contribution < 1.29 is 14.7 Å². The van der Waals surface area contributed by atoms with Crippen molar-refractivity contribution >= 4 is 23.4 Å². The highest BCUT2D eigenvalue weighted by molar-refractivity contribution is 6.30. The number of carbonyl (C=O) groups excluding carboxylic acids is 2. The molecule has 2 rings (SSSR count). The number of hydrogen-bond donors (Lipinski definition) is 2. The fourth-order valence-electron chi connectivity index (χ4n) is 2.28. The normalized spacial score (nSPS) is 21.9. The molecule has 1 saturated heterocycles. The van der Waals surface area contributed by atoms with Crippen LogP contribution in [-0.4, -0.2) is 47.1 Å². The molecular weight excluding hydrogens is 280 g/mol. The number of benzene rings is 1. The number of aliphatic hydroxyl groups is 1. The zero-order chi connectivity index (χ0) is 14.7. The van der Waals surface area contributed by atoms with Gasteiger partial charge in [0.15, 0.2) is 0 Å². The van der Waals surface area contributed by atoms with Crippen molar-refractivity contribution in [1.82, 2.24) is 10.2 Å². The molecule has 6 heteroatoms. The maximum Gasteiger partial charge on any atom is 0.227 e. The zero-order valence-corrected chi connectivity index (χ0v) is 11.9. The first kappa shape index (κ1) is 14.8. The van der Waals surface area contributed by atoms with Gasteiger partial charge >= 0.3 is 0 Å². The molecule has 0 radical (unpaired) electrons. The molecule has 0 saturated carbocycles. The molecule has 0 unspecified atom stereocenters. The summed E-state index contributed by atoms with van der Waals surface area (Å²) < 4.78 is 0. The lowest BCUT2D eigenvalue weighted by atomic mass is 10.1. The van der Waals surface area contributed by atoms with Crippen LogP contribution in [0.15, 0.2) is 24.3 Å². The topological polar surface area (TPSA) is 69.6 Å². The third-order valence-corrected chi connectivity index (χ3v) is 3.55. The molecule has 1 aromatic carbocycles. The van der Waals surface area contributed by atoms with Crippen LogP contribution in [0.3, 0.4) is 0 Å². The molecule has 1 aliphatic heterocycles. The van der Waals surface area contributed by atoms with E-state index in [1.165, 1.54) is 6.92 Å². The van der Waals surface area contributed by atoms with E-state index in [1.54, 1.807) is 29.2 Å². The molecule has 0 aromatic heterocycles. The van der Waals surface area contributed by atoms with E-state index >= 15 is 0 Å². The fourth-order valence-corrected chi connectivity index (χ4v) is 2.41. The standard InChI is InChI=1S/C14H17ClN2O3/c1-9(18)16-12-7-17(8-13(12)19)14(20)6-10-2-4-11(15)5-3-10/h2-5,12-13,19H,6-8H2,1H3,(H,16,18)/t12-,13-/m1/s1. The van der Waals surface area contributed by atoms with Crippen LogP contribution in [0.2, 0.25) is 5.02 Å². The molecule has 2 atom stereocenters. The van der Waals surface area contributed by atoms with E-state index in [9.17, 15) is 14.7 Å². The number of hydrogen-bond acceptors (Lipinski definition) is 3. The highest BCUT2D eigenvalue weighted by Crippen LogP contribution is 2.14. The number of amides is 2. The van der Waals surface area contributed by atoms with E-state index in [1.807, 2.05) is 0 Å². The minimum Gasteiger partial charge on any atom is -0.389 e. The number of rotatable bonds is 3. The Balaban J connectivity index is 1.93. The van der Waals surface area contributed by atoms with Crippen molar-refractivity contribution in [2.75, 3.05) is 13.1 Å². The Bertz CT molecular complexity index is 504. The molecule has 2 N–H and O–H groups in total. The zero-order valence-electron chi connectivity index (χ0n) is 11.2. The molecule has 20 heavy (non-hydrogen) atoms. The average molecular weight is 297 g/mol. The second-order valence-corrected chi connectivity index (χ2v) is 5.41. The van der Waals surface area contributed by atoms with Gasteiger partial charge in [-0.3, -0.25) is 9.59 Å². The van der Waals surface area contributed by atoms with Crippen molar-refractivity contribution in [2.45, 2.75) is 25.5 Å². The first-order valence-corrected chi connectivity index (χ1v) is 6.81. The molecule has 108 valence electrons. The largest absolute Gasteiger partial charge is 0.389 e. The van der Waals surface area contributed by atoms with Gasteiger partial charge in [0.05, 0.1) is 18.6 Å². The second-order valence-electron chi connectivity index (χ2n) is 4.98. The average Bonchev–Trinajstić information content (AvgIpc) is 2.73. The molecule has 1 aliphatic rings. The summed E-state index contributed by atoms with van der Waals surface area (Å²) in [5.41, 5.74) is 0.872. The molecule has 1 aromatic rings. The lowest BCUT2D eigenvalue weighted by Crippen LogP contribution is -2.42. The summed E-state index contributed by atoms with van der Waals surface area (Å²) in [7, 11) is 0. The summed E-state index contributed by atoms with van der Waals surface area (Å²) in [6.45, 7) is 1.98. The third-order valence-electron chi connectivity index (χ3n) is 3.30. The van der Waals surface area contributed by atoms with Gasteiger partial charge in [-0.1, -0.05) is 23.7 Å². The van der Waals surface area contributed by atoms with Gasteiger partial charge in [0, 0.05) is 25.0 Å². The number of nitrogens with one attached hydrogen (secondary N) is 1. The number of carbonyl (C=O) groups is 2. The van der Waals surface area contributed by atoms with E-state index in [2.05, 4.69) is 5.32 Å². The number of halogens is 1. The van der Waals surface area contributed by atoms with E-state index in [4.69, 9.17) is 11.6 Å². The number of likely N-dealkylation sites (tertiary alicyclic amines) is 1. The lowest BCUT2D eigenvalue weighted by Gasteiger charge is -2.16. The van der Waals surface area contributed by atoms with Crippen LogP contribution in [-0.2, 0) is 16.0 Å². The van der Waals surface area contributed by atoms with Crippen molar-refractivity contribution in [3.05, 3.63) is 34.9 Å². The summed E-state index contributed by atoms with van der Waals surface area (Å²) in [5.74, 6) is -0.278. The van der Waals surface area contributed by atoms with Gasteiger partial charge in [-0.15, -0.1) is 0 Å². The smallest absolute Gasteiger partial charge is 0.227 e. The fraction of sp³-hybridized carbons (Fsp3) is 0.429. The van der Waals surface area contributed by atoms with Crippen LogP contribution >= 0.6 is 11.6 Å². The van der Waals surface area contributed by atoms with Crippen LogP contribution in [0.1, 0.15) is 12.5 Å². The maximum atomic E-state index is 12.1. The Labute approximate surface area is 122 Å². The number of nitrogens with zero attached hydrogens (tertiary/aromatic N) is 1. The highest BCUT2D eigenvalue weighted by atomic mass is 35.5. The summed E-state index contributed by atoms with van der Waals surface area (Å²) in [6.07, 6.45) is -0.454. The Morgan fingerprint density at radius 1 is 1.35 bits per heavy atom. The van der Waals surface area contributed by atoms with E-state index in [0.29, 0.717) is 11.6 Å². The second kappa shape index (κ2) is 6.24. The predicted molar refractivity (Wildman–Crippen MR) is 75.3 cm³/mol. The SMILES string of the molecule is CC(=O)N[C@@H]1CN(C(=O)Cc2ccc(Cl)cc2)C[C@H]1O. The van der Waals surface area contributed by atoms with E-state index < -0.39 is 6.10 Å². The Kier molecular flexibility index (Phi) is 4.62. The highest BCUT2D eigenvalue weighted by Gasteiger charge is 2.34. The minimum absolute atomic E-state index is 0.0702. The Hall–Kier alpha value is -1.59. The van der Waals surface area contributed by atoms with Crippen molar-refractivity contribution in [3.63, 3.8) is 0 Å². The predicted octanol–water partition coefficient (Wildman–Crippen LogP) is 0.590. The van der Waals surface area contributed by atoms with Crippen LogP contribution in [0.4, 0.5) is 0 Å². The molecule has 2 amide bonds. The summed E-state index contributed by atoms with van der Waals surface area (Å²) in [5, 5.41) is 13.1. The third kappa shape index (κ3) is 3.71. The van der Waals surface area contributed by atoms with Gasteiger partial charge in [0.2, 0.25) is 11.8 Å². The number of β-amino-alcohol motifs (C(OH)–C–C–N with tert-alkyl or cyclic N) is 1. The summed E-state index contributed by atoms with van der Waals surface area (Å²) in [6, 6.07) is 6.70. The van der Waals surface area contributed by atoms with Crippen LogP contribution < -0.4 is 5.32 Å². The van der Waals surface area contributed by atoms with Gasteiger partial charge in [0.1, 0.15) is 0 Å². The van der Waals surface area contributed by atoms with Gasteiger partial charge in [0.25, 0.3) is 0 Å². The first-order valence-electron chi connectivity index (χ1n) is 6.43. The molecule has 0 spiro atoms. The maximum absolute atomic E-state index is 12.1. The Morgan fingerprint density at radius 3 is 2.60 bits per heavy atom. The monoisotopic (exact) mass is 296 g/mol. The van der Waals surface area contributed by atoms with E-state index in [-0.39, 0.29) is 30.8 Å². The molecule has 1 heterocycles. The van der Waals surface area contributed by atoms with Gasteiger partial charge in [-0.05, 0) is 17.7 Å². The molecule has 0 bridgehead atoms. The van der Waals surface area contributed by atoms with Crippen LogP contribution in [0.5, 0.6) is 0 Å². The molecular formula is C14H17ClN2O3. The first-order chi connectivity index (χ1) is 9.45. The van der Waals surface area contributed by atoms with Crippen molar-refractivity contribution in [1.29, 1.82) is 0 Å². The lowest BCUT2D eigenvalue weighted by molar-refractivity contribution is -0.130. The number of aliphatic hydroxyl groups excluding tert-OH is 1. The van der Waals surface area contributed by atoms with Gasteiger partial charge in [-0.25, -0.2) is 0 Å². The van der Waals surface area contributed by atoms with Crippen molar-refractivity contribution in [2.24, 2.45) is 0 Å². The molecule has 1 fully saturated rings. The van der Waals surface area contributed by atoms with Crippen molar-refractivity contribution in [3.8, 4) is 0 Å². The van der Waals surface area contributed by atoms with Crippen LogP contribution in [0, 0.1) is 0 Å². The Morgan fingerprint density at radius 2 is 2.00 bits per heavy atom. The minimum atomic E-state index is -0.715. The molecule has 5 nitrogen and oxygen atoms in total. The summed E-state index contributed by atoms with van der Waals surface area (Å²) >= 11 is 5.79. The van der Waals surface area contributed by atoms with Gasteiger partial charge < -0.3 is 15.3 Å². The van der Waals surface area contributed by atoms with Gasteiger partial charge in [-0.2, -0.15) is 0 Å². The van der Waals surface area contributed by atoms with Crippen LogP contribution in [0.25, 0.3) is 0 Å². The summed E-state index contributed by atoms with van der Waals surface area (Å²) in [4.78, 5) is 24.7.